The summed E-state index contributed by atoms with van der Waals surface area (Å²) in [5, 5.41) is 0. The number of amides is 1. The second kappa shape index (κ2) is 8.74. The Morgan fingerprint density at radius 2 is 2.28 bits per heavy atom. The van der Waals surface area contributed by atoms with Crippen molar-refractivity contribution in [1.82, 2.24) is 4.90 Å². The molecule has 0 saturated carbocycles. The van der Waals surface area contributed by atoms with E-state index in [1.54, 1.807) is 4.90 Å². The minimum Gasteiger partial charge on any atom is -0.453 e. The Labute approximate surface area is 123 Å². The fourth-order valence-electron chi connectivity index (χ4n) is 1.94. The molecular formula is C13H22INO3. The Morgan fingerprint density at radius 3 is 2.94 bits per heavy atom. The minimum atomic E-state index is -0.293. The van der Waals surface area contributed by atoms with E-state index < -0.39 is 0 Å². The summed E-state index contributed by atoms with van der Waals surface area (Å²) >= 11 is 2.35. The SMILES string of the molecule is CCC/C=C/CO[C@@H]1[C@@H](I)CCCN1C(=O)OC. The quantitative estimate of drug-likeness (QED) is 0.425. The fraction of sp³-hybridized carbons (Fsp3) is 0.769. The highest BCUT2D eigenvalue weighted by molar-refractivity contribution is 14.1. The van der Waals surface area contributed by atoms with Crippen molar-refractivity contribution in [3.63, 3.8) is 0 Å². The van der Waals surface area contributed by atoms with Gasteiger partial charge in [0.15, 0.2) is 0 Å². The standard InChI is InChI=1S/C13H22INO3/c1-3-4-5-6-10-18-12-11(14)8-7-9-15(12)13(16)17-2/h5-6,11-12H,3-4,7-10H2,1-2H3/b6-5+/t11-,12+/m0/s1. The first-order valence-corrected chi connectivity index (χ1v) is 7.70. The first kappa shape index (κ1) is 15.8. The molecule has 0 aromatic rings. The number of hydrogen-bond acceptors (Lipinski definition) is 3. The molecule has 0 unspecified atom stereocenters. The van der Waals surface area contributed by atoms with E-state index in [2.05, 4.69) is 35.6 Å². The van der Waals surface area contributed by atoms with Gasteiger partial charge in [0, 0.05) is 6.54 Å². The summed E-state index contributed by atoms with van der Waals surface area (Å²) in [4.78, 5) is 13.3. The number of rotatable bonds is 5. The molecule has 2 atom stereocenters. The molecule has 0 N–H and O–H groups in total. The van der Waals surface area contributed by atoms with Gasteiger partial charge in [0.2, 0.25) is 0 Å². The van der Waals surface area contributed by atoms with Crippen molar-refractivity contribution >= 4 is 28.7 Å². The summed E-state index contributed by atoms with van der Waals surface area (Å²) in [6.07, 6.45) is 7.98. The summed E-state index contributed by atoms with van der Waals surface area (Å²) in [6.45, 7) is 3.42. The van der Waals surface area contributed by atoms with Crippen molar-refractivity contribution in [3.8, 4) is 0 Å². The number of allylic oxidation sites excluding steroid dienone is 1. The van der Waals surface area contributed by atoms with Gasteiger partial charge in [-0.1, -0.05) is 48.1 Å². The number of likely N-dealkylation sites (tertiary alicyclic amines) is 1. The number of nitrogens with zero attached hydrogens (tertiary/aromatic N) is 1. The van der Waals surface area contributed by atoms with Crippen LogP contribution in [0.25, 0.3) is 0 Å². The van der Waals surface area contributed by atoms with Gasteiger partial charge in [-0.15, -0.1) is 0 Å². The van der Waals surface area contributed by atoms with Crippen LogP contribution in [0.5, 0.6) is 0 Å². The number of halogens is 1. The second-order valence-corrected chi connectivity index (χ2v) is 5.91. The van der Waals surface area contributed by atoms with E-state index >= 15 is 0 Å². The van der Waals surface area contributed by atoms with Crippen molar-refractivity contribution in [2.45, 2.75) is 42.8 Å². The van der Waals surface area contributed by atoms with Crippen LogP contribution in [0.2, 0.25) is 0 Å². The van der Waals surface area contributed by atoms with E-state index in [-0.39, 0.29) is 12.3 Å². The number of piperidine rings is 1. The van der Waals surface area contributed by atoms with E-state index in [1.807, 2.05) is 6.08 Å². The van der Waals surface area contributed by atoms with Gasteiger partial charge in [-0.05, 0) is 19.3 Å². The molecule has 1 amide bonds. The summed E-state index contributed by atoms with van der Waals surface area (Å²) in [7, 11) is 1.41. The molecular weight excluding hydrogens is 345 g/mol. The average Bonchev–Trinajstić information content (AvgIpc) is 2.39. The molecule has 0 radical (unpaired) electrons. The molecule has 5 heteroatoms. The Balaban J connectivity index is 2.48. The lowest BCUT2D eigenvalue weighted by atomic mass is 10.1. The molecule has 104 valence electrons. The monoisotopic (exact) mass is 367 g/mol. The molecule has 18 heavy (non-hydrogen) atoms. The maximum Gasteiger partial charge on any atom is 0.411 e. The highest BCUT2D eigenvalue weighted by Crippen LogP contribution is 2.25. The number of unbranched alkanes of at least 4 members (excludes halogenated alkanes) is 1. The van der Waals surface area contributed by atoms with Crippen LogP contribution >= 0.6 is 22.6 Å². The zero-order valence-electron chi connectivity index (χ0n) is 11.1. The number of ether oxygens (including phenoxy) is 2. The molecule has 0 aliphatic carbocycles. The zero-order valence-corrected chi connectivity index (χ0v) is 13.3. The molecule has 0 aromatic carbocycles. The maximum atomic E-state index is 11.7. The summed E-state index contributed by atoms with van der Waals surface area (Å²) in [6, 6.07) is 0. The maximum absolute atomic E-state index is 11.7. The number of hydrogen-bond donors (Lipinski definition) is 0. The predicted octanol–water partition coefficient (Wildman–Crippen LogP) is 3.35. The lowest BCUT2D eigenvalue weighted by Crippen LogP contribution is -2.50. The van der Waals surface area contributed by atoms with Crippen molar-refractivity contribution in [3.05, 3.63) is 12.2 Å². The van der Waals surface area contributed by atoms with E-state index in [1.165, 1.54) is 7.11 Å². The van der Waals surface area contributed by atoms with E-state index in [0.29, 0.717) is 10.5 Å². The van der Waals surface area contributed by atoms with Crippen LogP contribution in [0.4, 0.5) is 4.79 Å². The van der Waals surface area contributed by atoms with Crippen molar-refractivity contribution in [2.75, 3.05) is 20.3 Å². The van der Waals surface area contributed by atoms with Crippen LogP contribution in [0, 0.1) is 0 Å². The highest BCUT2D eigenvalue weighted by Gasteiger charge is 2.33. The zero-order chi connectivity index (χ0) is 13.4. The van der Waals surface area contributed by atoms with E-state index in [9.17, 15) is 4.79 Å². The lowest BCUT2D eigenvalue weighted by Gasteiger charge is -2.37. The lowest BCUT2D eigenvalue weighted by molar-refractivity contribution is -0.0518. The van der Waals surface area contributed by atoms with Crippen LogP contribution in [-0.2, 0) is 9.47 Å². The number of carbonyl (C=O) groups is 1. The second-order valence-electron chi connectivity index (χ2n) is 4.31. The molecule has 1 saturated heterocycles. The number of alkyl halides is 1. The van der Waals surface area contributed by atoms with Crippen molar-refractivity contribution in [2.24, 2.45) is 0 Å². The minimum absolute atomic E-state index is 0.168. The smallest absolute Gasteiger partial charge is 0.411 e. The molecule has 4 nitrogen and oxygen atoms in total. The third-order valence-electron chi connectivity index (χ3n) is 2.89. The van der Waals surface area contributed by atoms with Crippen LogP contribution in [-0.4, -0.2) is 41.4 Å². The summed E-state index contributed by atoms with van der Waals surface area (Å²) in [5.74, 6) is 0. The van der Waals surface area contributed by atoms with E-state index in [0.717, 1.165) is 32.2 Å². The van der Waals surface area contributed by atoms with Gasteiger partial charge >= 0.3 is 6.09 Å². The average molecular weight is 367 g/mol. The molecule has 1 heterocycles. The molecule has 1 fully saturated rings. The number of carbonyl (C=O) groups excluding carboxylic acids is 1. The Kier molecular flexibility index (Phi) is 7.65. The first-order valence-electron chi connectivity index (χ1n) is 6.46. The molecule has 1 rings (SSSR count). The Morgan fingerprint density at radius 1 is 1.50 bits per heavy atom. The number of methoxy groups -OCH3 is 1. The van der Waals surface area contributed by atoms with Gasteiger partial charge in [-0.2, -0.15) is 0 Å². The van der Waals surface area contributed by atoms with Gasteiger partial charge in [0.1, 0.15) is 6.23 Å². The topological polar surface area (TPSA) is 38.8 Å². The van der Waals surface area contributed by atoms with Crippen LogP contribution in [0.3, 0.4) is 0 Å². The molecule has 1 aliphatic rings. The predicted molar refractivity (Wildman–Crippen MR) is 79.9 cm³/mol. The van der Waals surface area contributed by atoms with Crippen LogP contribution < -0.4 is 0 Å². The fourth-order valence-corrected chi connectivity index (χ4v) is 2.97. The third kappa shape index (κ3) is 4.76. The largest absolute Gasteiger partial charge is 0.453 e. The van der Waals surface area contributed by atoms with Gasteiger partial charge in [-0.25, -0.2) is 4.79 Å². The Bertz CT molecular complexity index is 283. The van der Waals surface area contributed by atoms with Crippen molar-refractivity contribution in [1.29, 1.82) is 0 Å². The van der Waals surface area contributed by atoms with E-state index in [4.69, 9.17) is 9.47 Å². The van der Waals surface area contributed by atoms with Crippen molar-refractivity contribution < 1.29 is 14.3 Å². The molecule has 0 spiro atoms. The highest BCUT2D eigenvalue weighted by atomic mass is 127. The van der Waals surface area contributed by atoms with Crippen LogP contribution in [0.15, 0.2) is 12.2 Å². The van der Waals surface area contributed by atoms with Gasteiger partial charge in [0.25, 0.3) is 0 Å². The normalized spacial score (nSPS) is 24.5. The van der Waals surface area contributed by atoms with Gasteiger partial charge < -0.3 is 9.47 Å². The van der Waals surface area contributed by atoms with Crippen LogP contribution in [0.1, 0.15) is 32.6 Å². The third-order valence-corrected chi connectivity index (χ3v) is 4.13. The van der Waals surface area contributed by atoms with Gasteiger partial charge in [-0.3, -0.25) is 4.90 Å². The molecule has 0 bridgehead atoms. The molecule has 0 aromatic heterocycles. The summed E-state index contributed by atoms with van der Waals surface area (Å²) < 4.78 is 10.9. The van der Waals surface area contributed by atoms with Gasteiger partial charge in [0.05, 0.1) is 17.6 Å². The summed E-state index contributed by atoms with van der Waals surface area (Å²) in [5.41, 5.74) is 0. The molecule has 1 aliphatic heterocycles. The first-order chi connectivity index (χ1) is 8.70. The Hall–Kier alpha value is -0.300.